The van der Waals surface area contributed by atoms with Crippen LogP contribution in [0.3, 0.4) is 0 Å². The van der Waals surface area contributed by atoms with Crippen LogP contribution >= 0.6 is 0 Å². The third-order valence-electron chi connectivity index (χ3n) is 9.41. The maximum absolute atomic E-state index is 10.4. The number of benzene rings is 7. The molecular formula is C44H26N4. The average molecular weight is 611 g/mol. The summed E-state index contributed by atoms with van der Waals surface area (Å²) in [7, 11) is 0. The Balaban J connectivity index is 1.17. The molecule has 9 rings (SSSR count). The molecule has 4 heteroatoms. The Morgan fingerprint density at radius 3 is 1.50 bits per heavy atom. The first kappa shape index (κ1) is 27.4. The number of hydrogen-bond acceptors (Lipinski definition) is 1. The molecule has 0 saturated carbocycles. The van der Waals surface area contributed by atoms with Gasteiger partial charge in [-0.1, -0.05) is 115 Å². The van der Waals surface area contributed by atoms with Crippen LogP contribution in [0.2, 0.25) is 0 Å². The van der Waals surface area contributed by atoms with Crippen molar-refractivity contribution >= 4 is 49.3 Å². The van der Waals surface area contributed by atoms with Crippen LogP contribution in [0, 0.1) is 17.9 Å². The van der Waals surface area contributed by atoms with E-state index in [-0.39, 0.29) is 0 Å². The molecule has 48 heavy (non-hydrogen) atoms. The van der Waals surface area contributed by atoms with E-state index in [9.17, 15) is 5.26 Å². The lowest BCUT2D eigenvalue weighted by molar-refractivity contribution is 1.18. The van der Waals surface area contributed by atoms with Crippen molar-refractivity contribution in [3.8, 4) is 39.7 Å². The van der Waals surface area contributed by atoms with E-state index < -0.39 is 0 Å². The smallest absolute Gasteiger partial charge is 0.211 e. The van der Waals surface area contributed by atoms with Gasteiger partial charge in [0.15, 0.2) is 0 Å². The zero-order valence-corrected chi connectivity index (χ0v) is 25.8. The van der Waals surface area contributed by atoms with Crippen molar-refractivity contribution < 1.29 is 0 Å². The second kappa shape index (κ2) is 10.9. The molecule has 2 heterocycles. The quantitative estimate of drug-likeness (QED) is 0.183. The predicted octanol–water partition coefficient (Wildman–Crippen LogP) is 11.6. The molecule has 222 valence electrons. The fraction of sp³-hybridized carbons (Fsp3) is 0. The minimum atomic E-state index is 0.558. The Morgan fingerprint density at radius 1 is 0.479 bits per heavy atom. The Kier molecular flexibility index (Phi) is 6.22. The van der Waals surface area contributed by atoms with Gasteiger partial charge < -0.3 is 9.13 Å². The van der Waals surface area contributed by atoms with Gasteiger partial charge in [0.1, 0.15) is 0 Å². The van der Waals surface area contributed by atoms with E-state index in [4.69, 9.17) is 6.57 Å². The molecule has 2 aromatic heterocycles. The highest BCUT2D eigenvalue weighted by atomic mass is 15.0. The van der Waals surface area contributed by atoms with Crippen LogP contribution < -0.4 is 0 Å². The van der Waals surface area contributed by atoms with Crippen molar-refractivity contribution in [2.75, 3.05) is 0 Å². The van der Waals surface area contributed by atoms with Gasteiger partial charge in [0.2, 0.25) is 5.69 Å². The number of nitriles is 1. The Hall–Kier alpha value is -6.88. The van der Waals surface area contributed by atoms with Gasteiger partial charge in [-0.25, -0.2) is 4.85 Å². The Bertz CT molecular complexity index is 2690. The number of hydrogen-bond donors (Lipinski definition) is 0. The first-order valence-electron chi connectivity index (χ1n) is 15.9. The van der Waals surface area contributed by atoms with Gasteiger partial charge in [-0.3, -0.25) is 0 Å². The molecule has 0 aliphatic rings. The third-order valence-corrected chi connectivity index (χ3v) is 9.41. The molecule has 0 spiro atoms. The van der Waals surface area contributed by atoms with E-state index in [1.165, 1.54) is 10.8 Å². The van der Waals surface area contributed by atoms with Gasteiger partial charge in [0.25, 0.3) is 0 Å². The summed E-state index contributed by atoms with van der Waals surface area (Å²) in [5, 5.41) is 15.1. The van der Waals surface area contributed by atoms with E-state index in [1.54, 1.807) is 0 Å². The van der Waals surface area contributed by atoms with Gasteiger partial charge in [-0.15, -0.1) is 0 Å². The summed E-state index contributed by atoms with van der Waals surface area (Å²) in [6, 6.07) is 56.4. The highest BCUT2D eigenvalue weighted by Gasteiger charge is 2.19. The molecule has 4 nitrogen and oxygen atoms in total. The van der Waals surface area contributed by atoms with E-state index in [0.717, 1.165) is 66.5 Å². The summed E-state index contributed by atoms with van der Waals surface area (Å²) in [5.74, 6) is 0. The summed E-state index contributed by atoms with van der Waals surface area (Å²) < 4.78 is 4.49. The molecule has 0 bridgehead atoms. The SMILES string of the molecule is [C-]#[N+]c1cccc(-c2ccc(-c3ccc(-n4c5ccccc5c5ccccc54)cc3)c(C#N)c2)c1-n1c2ccccc2c2ccccc21. The highest BCUT2D eigenvalue weighted by Crippen LogP contribution is 2.42. The monoisotopic (exact) mass is 610 g/mol. The predicted molar refractivity (Wildman–Crippen MR) is 197 cm³/mol. The molecule has 0 aliphatic heterocycles. The summed E-state index contributed by atoms with van der Waals surface area (Å²) in [6.07, 6.45) is 0. The lowest BCUT2D eigenvalue weighted by atomic mass is 9.94. The van der Waals surface area contributed by atoms with Crippen LogP contribution in [-0.2, 0) is 0 Å². The van der Waals surface area contributed by atoms with Crippen LogP contribution in [0.25, 0.3) is 82.1 Å². The van der Waals surface area contributed by atoms with E-state index >= 15 is 0 Å². The second-order valence-electron chi connectivity index (χ2n) is 11.9. The second-order valence-corrected chi connectivity index (χ2v) is 11.9. The van der Waals surface area contributed by atoms with Gasteiger partial charge in [-0.2, -0.15) is 5.26 Å². The molecular weight excluding hydrogens is 585 g/mol. The fourth-order valence-corrected chi connectivity index (χ4v) is 7.30. The van der Waals surface area contributed by atoms with Crippen molar-refractivity contribution in [1.29, 1.82) is 5.26 Å². The standard InChI is InChI=1S/C44H26N4/c1-46-39-16-10-15-34(44(39)48-42-19-8-4-13-37(42)38-14-5-9-20-43(38)48)30-23-26-33(31(27-30)28-45)29-21-24-32(25-22-29)47-40-17-6-2-11-35(40)36-12-3-7-18-41(36)47/h2-27H. The van der Waals surface area contributed by atoms with Crippen LogP contribution in [0.4, 0.5) is 5.69 Å². The summed E-state index contributed by atoms with van der Waals surface area (Å²) in [6.45, 7) is 8.10. The van der Waals surface area contributed by atoms with E-state index in [2.05, 4.69) is 123 Å². The van der Waals surface area contributed by atoms with E-state index in [1.807, 2.05) is 54.6 Å². The molecule has 0 saturated heterocycles. The molecule has 7 aromatic carbocycles. The van der Waals surface area contributed by atoms with Crippen molar-refractivity contribution in [3.05, 3.63) is 175 Å². The molecule has 0 amide bonds. The maximum Gasteiger partial charge on any atom is 0.211 e. The van der Waals surface area contributed by atoms with Crippen LogP contribution in [0.1, 0.15) is 5.56 Å². The highest BCUT2D eigenvalue weighted by molar-refractivity contribution is 6.11. The molecule has 0 unspecified atom stereocenters. The average Bonchev–Trinajstić information content (AvgIpc) is 3.67. The molecule has 9 aromatic rings. The fourth-order valence-electron chi connectivity index (χ4n) is 7.30. The van der Waals surface area contributed by atoms with Crippen LogP contribution in [0.5, 0.6) is 0 Å². The van der Waals surface area contributed by atoms with E-state index in [0.29, 0.717) is 11.3 Å². The normalized spacial score (nSPS) is 11.3. The summed E-state index contributed by atoms with van der Waals surface area (Å²) in [4.78, 5) is 3.96. The lowest BCUT2D eigenvalue weighted by Crippen LogP contribution is -1.98. The number of aromatic nitrogens is 2. The minimum Gasteiger partial charge on any atom is -0.318 e. The van der Waals surface area contributed by atoms with Crippen molar-refractivity contribution in [2.24, 2.45) is 0 Å². The Morgan fingerprint density at radius 2 is 0.979 bits per heavy atom. The first-order valence-corrected chi connectivity index (χ1v) is 15.9. The van der Waals surface area contributed by atoms with Crippen molar-refractivity contribution in [1.82, 2.24) is 9.13 Å². The zero-order chi connectivity index (χ0) is 32.2. The summed E-state index contributed by atoms with van der Waals surface area (Å²) in [5.41, 5.74) is 11.1. The van der Waals surface area contributed by atoms with Crippen molar-refractivity contribution in [2.45, 2.75) is 0 Å². The number of para-hydroxylation sites is 5. The van der Waals surface area contributed by atoms with Gasteiger partial charge in [0, 0.05) is 27.2 Å². The van der Waals surface area contributed by atoms with Crippen LogP contribution in [-0.4, -0.2) is 9.13 Å². The van der Waals surface area contributed by atoms with Crippen LogP contribution in [0.15, 0.2) is 158 Å². The van der Waals surface area contributed by atoms with Gasteiger partial charge in [0.05, 0.1) is 46.0 Å². The number of rotatable bonds is 4. The zero-order valence-electron chi connectivity index (χ0n) is 25.8. The number of fused-ring (bicyclic) bond motifs is 6. The summed E-state index contributed by atoms with van der Waals surface area (Å²) >= 11 is 0. The number of nitrogens with zero attached hydrogens (tertiary/aromatic N) is 4. The minimum absolute atomic E-state index is 0.558. The molecule has 0 fully saturated rings. The largest absolute Gasteiger partial charge is 0.318 e. The topological polar surface area (TPSA) is 38.0 Å². The van der Waals surface area contributed by atoms with Gasteiger partial charge in [-0.05, 0) is 64.7 Å². The molecule has 0 atom stereocenters. The van der Waals surface area contributed by atoms with Crippen molar-refractivity contribution in [3.63, 3.8) is 0 Å². The molecule has 0 N–H and O–H groups in total. The van der Waals surface area contributed by atoms with Gasteiger partial charge >= 0.3 is 0 Å². The third kappa shape index (κ3) is 4.07. The molecule has 0 aliphatic carbocycles. The lowest BCUT2D eigenvalue weighted by Gasteiger charge is -2.17. The maximum atomic E-state index is 10.4. The first-order chi connectivity index (χ1) is 23.7. The molecule has 0 radical (unpaired) electrons. The Labute approximate surface area is 277 Å².